The summed E-state index contributed by atoms with van der Waals surface area (Å²) in [5.74, 6) is 1.24. The Morgan fingerprint density at radius 1 is 1.43 bits per heavy atom. The topological polar surface area (TPSA) is 83.8 Å². The van der Waals surface area contributed by atoms with Crippen molar-refractivity contribution in [2.24, 2.45) is 11.7 Å². The zero-order valence-corrected chi connectivity index (χ0v) is 12.4. The number of rotatable bonds is 3. The highest BCUT2D eigenvalue weighted by Crippen LogP contribution is 2.26. The number of carbonyl (C=O) groups excluding carboxylic acids is 1. The lowest BCUT2D eigenvalue weighted by Gasteiger charge is -2.27. The molecular formula is C16H22N4O. The molecule has 1 aliphatic rings. The number of aromatic nitrogens is 2. The second kappa shape index (κ2) is 5.85. The predicted molar refractivity (Wildman–Crippen MR) is 84.0 cm³/mol. The number of benzene rings is 1. The van der Waals surface area contributed by atoms with Crippen LogP contribution in [0.4, 0.5) is 5.69 Å². The molecule has 1 heterocycles. The Kier molecular flexibility index (Phi) is 3.92. The summed E-state index contributed by atoms with van der Waals surface area (Å²) in [5, 5.41) is 2.97. The largest absolute Gasteiger partial charge is 0.342 e. The van der Waals surface area contributed by atoms with Crippen LogP contribution in [0.15, 0.2) is 18.2 Å². The number of nitrogens with two attached hydrogens (primary N) is 1. The molecule has 21 heavy (non-hydrogen) atoms. The van der Waals surface area contributed by atoms with Gasteiger partial charge in [0, 0.05) is 18.2 Å². The zero-order chi connectivity index (χ0) is 14.8. The summed E-state index contributed by atoms with van der Waals surface area (Å²) in [7, 11) is 0. The molecule has 4 N–H and O–H groups in total. The minimum absolute atomic E-state index is 0.0490. The second-order valence-electron chi connectivity index (χ2n) is 6.01. The van der Waals surface area contributed by atoms with E-state index in [-0.39, 0.29) is 11.9 Å². The molecule has 1 aromatic heterocycles. The molecular weight excluding hydrogens is 264 g/mol. The SMILES string of the molecule is Cc1nc2ccc(NC(=O)CC3CCCCC3N)cc2[nH]1. The summed E-state index contributed by atoms with van der Waals surface area (Å²) in [5.41, 5.74) is 8.77. The molecule has 5 nitrogen and oxygen atoms in total. The number of hydrogen-bond acceptors (Lipinski definition) is 3. The Labute approximate surface area is 124 Å². The van der Waals surface area contributed by atoms with Crippen molar-refractivity contribution in [2.75, 3.05) is 5.32 Å². The average molecular weight is 286 g/mol. The third kappa shape index (κ3) is 3.24. The third-order valence-corrected chi connectivity index (χ3v) is 4.30. The van der Waals surface area contributed by atoms with E-state index in [0.717, 1.165) is 35.4 Å². The van der Waals surface area contributed by atoms with E-state index in [1.165, 1.54) is 12.8 Å². The Morgan fingerprint density at radius 3 is 3.05 bits per heavy atom. The first-order valence-electron chi connectivity index (χ1n) is 7.63. The van der Waals surface area contributed by atoms with Crippen molar-refractivity contribution in [1.29, 1.82) is 0 Å². The van der Waals surface area contributed by atoms with Crippen LogP contribution in [-0.2, 0) is 4.79 Å². The minimum atomic E-state index is 0.0490. The van der Waals surface area contributed by atoms with Gasteiger partial charge in [0.1, 0.15) is 5.82 Å². The van der Waals surface area contributed by atoms with Gasteiger partial charge in [-0.25, -0.2) is 4.98 Å². The number of aryl methyl sites for hydroxylation is 1. The van der Waals surface area contributed by atoms with Crippen molar-refractivity contribution < 1.29 is 4.79 Å². The maximum Gasteiger partial charge on any atom is 0.224 e. The molecule has 1 aromatic carbocycles. The van der Waals surface area contributed by atoms with Crippen molar-refractivity contribution in [1.82, 2.24) is 9.97 Å². The summed E-state index contributed by atoms with van der Waals surface area (Å²) in [6, 6.07) is 5.90. The molecule has 1 aliphatic carbocycles. The van der Waals surface area contributed by atoms with Crippen LogP contribution in [0.1, 0.15) is 37.9 Å². The lowest BCUT2D eigenvalue weighted by molar-refractivity contribution is -0.117. The Bertz CT molecular complexity index is 649. The normalized spacial score (nSPS) is 22.4. The lowest BCUT2D eigenvalue weighted by atomic mass is 9.83. The Balaban J connectivity index is 1.65. The molecule has 112 valence electrons. The highest BCUT2D eigenvalue weighted by Gasteiger charge is 2.24. The van der Waals surface area contributed by atoms with E-state index >= 15 is 0 Å². The fourth-order valence-electron chi connectivity index (χ4n) is 3.15. The van der Waals surface area contributed by atoms with Crippen LogP contribution in [0.5, 0.6) is 0 Å². The van der Waals surface area contributed by atoms with Crippen LogP contribution in [0.25, 0.3) is 11.0 Å². The van der Waals surface area contributed by atoms with Crippen LogP contribution in [0, 0.1) is 12.8 Å². The van der Waals surface area contributed by atoms with Gasteiger partial charge in [0.2, 0.25) is 5.91 Å². The van der Waals surface area contributed by atoms with Crippen LogP contribution in [0.2, 0.25) is 0 Å². The maximum atomic E-state index is 12.2. The second-order valence-corrected chi connectivity index (χ2v) is 6.01. The molecule has 1 saturated carbocycles. The van der Waals surface area contributed by atoms with Gasteiger partial charge in [0.15, 0.2) is 0 Å². The number of amides is 1. The van der Waals surface area contributed by atoms with Crippen LogP contribution in [-0.4, -0.2) is 21.9 Å². The number of H-pyrrole nitrogens is 1. The quantitative estimate of drug-likeness (QED) is 0.811. The van der Waals surface area contributed by atoms with E-state index in [4.69, 9.17) is 5.73 Å². The monoisotopic (exact) mass is 286 g/mol. The minimum Gasteiger partial charge on any atom is -0.342 e. The number of imidazole rings is 1. The first kappa shape index (κ1) is 14.1. The molecule has 3 rings (SSSR count). The van der Waals surface area contributed by atoms with Gasteiger partial charge in [0.05, 0.1) is 11.0 Å². The third-order valence-electron chi connectivity index (χ3n) is 4.30. The molecule has 0 spiro atoms. The molecule has 5 heteroatoms. The number of hydrogen-bond donors (Lipinski definition) is 3. The average Bonchev–Trinajstić information content (AvgIpc) is 2.80. The summed E-state index contributed by atoms with van der Waals surface area (Å²) >= 11 is 0. The number of fused-ring (bicyclic) bond motifs is 1. The van der Waals surface area contributed by atoms with Crippen molar-refractivity contribution >= 4 is 22.6 Å². The van der Waals surface area contributed by atoms with Gasteiger partial charge in [-0.1, -0.05) is 12.8 Å². The van der Waals surface area contributed by atoms with Crippen LogP contribution < -0.4 is 11.1 Å². The van der Waals surface area contributed by atoms with E-state index < -0.39 is 0 Å². The van der Waals surface area contributed by atoms with Crippen LogP contribution in [0.3, 0.4) is 0 Å². The standard InChI is InChI=1S/C16H22N4O/c1-10-18-14-7-6-12(9-15(14)19-10)20-16(21)8-11-4-2-3-5-13(11)17/h6-7,9,11,13H,2-5,8,17H2,1H3,(H,18,19)(H,20,21). The summed E-state index contributed by atoms with van der Waals surface area (Å²) in [6.07, 6.45) is 4.99. The predicted octanol–water partition coefficient (Wildman–Crippen LogP) is 2.72. The molecule has 2 atom stereocenters. The Hall–Kier alpha value is -1.88. The molecule has 0 aliphatic heterocycles. The number of carbonyl (C=O) groups is 1. The van der Waals surface area contributed by atoms with Gasteiger partial charge in [-0.05, 0) is 43.9 Å². The first-order valence-corrected chi connectivity index (χ1v) is 7.63. The van der Waals surface area contributed by atoms with Crippen molar-refractivity contribution in [3.63, 3.8) is 0 Å². The van der Waals surface area contributed by atoms with Gasteiger partial charge in [-0.15, -0.1) is 0 Å². The summed E-state index contributed by atoms with van der Waals surface area (Å²) in [6.45, 7) is 1.92. The number of anilines is 1. The summed E-state index contributed by atoms with van der Waals surface area (Å²) < 4.78 is 0. The molecule has 2 unspecified atom stereocenters. The fourth-order valence-corrected chi connectivity index (χ4v) is 3.15. The van der Waals surface area contributed by atoms with E-state index in [9.17, 15) is 4.79 Å². The number of nitrogens with zero attached hydrogens (tertiary/aromatic N) is 1. The van der Waals surface area contributed by atoms with Crippen molar-refractivity contribution in [2.45, 2.75) is 45.1 Å². The smallest absolute Gasteiger partial charge is 0.224 e. The van der Waals surface area contributed by atoms with Crippen molar-refractivity contribution in [3.8, 4) is 0 Å². The van der Waals surface area contributed by atoms with E-state index in [2.05, 4.69) is 15.3 Å². The van der Waals surface area contributed by atoms with Gasteiger partial charge in [-0.2, -0.15) is 0 Å². The Morgan fingerprint density at radius 2 is 2.24 bits per heavy atom. The maximum absolute atomic E-state index is 12.2. The van der Waals surface area contributed by atoms with E-state index in [1.54, 1.807) is 0 Å². The number of aromatic amines is 1. The van der Waals surface area contributed by atoms with Gasteiger partial charge in [-0.3, -0.25) is 4.79 Å². The van der Waals surface area contributed by atoms with Gasteiger partial charge >= 0.3 is 0 Å². The lowest BCUT2D eigenvalue weighted by Crippen LogP contribution is -2.35. The van der Waals surface area contributed by atoms with Crippen molar-refractivity contribution in [3.05, 3.63) is 24.0 Å². The van der Waals surface area contributed by atoms with E-state index in [0.29, 0.717) is 12.3 Å². The molecule has 0 saturated heterocycles. The zero-order valence-electron chi connectivity index (χ0n) is 12.4. The molecule has 0 bridgehead atoms. The molecule has 0 radical (unpaired) electrons. The van der Waals surface area contributed by atoms with Crippen LogP contribution >= 0.6 is 0 Å². The fraction of sp³-hybridized carbons (Fsp3) is 0.500. The molecule has 1 fully saturated rings. The highest BCUT2D eigenvalue weighted by molar-refractivity contribution is 5.93. The summed E-state index contributed by atoms with van der Waals surface area (Å²) in [4.78, 5) is 19.7. The van der Waals surface area contributed by atoms with Gasteiger partial charge in [0.25, 0.3) is 0 Å². The van der Waals surface area contributed by atoms with E-state index in [1.807, 2.05) is 25.1 Å². The molecule has 2 aromatic rings. The van der Waals surface area contributed by atoms with Gasteiger partial charge < -0.3 is 16.0 Å². The highest BCUT2D eigenvalue weighted by atomic mass is 16.1. The first-order chi connectivity index (χ1) is 10.1. The number of nitrogens with one attached hydrogen (secondary N) is 2. The molecule has 1 amide bonds.